The van der Waals surface area contributed by atoms with Gasteiger partial charge in [-0.1, -0.05) is 18.2 Å². The summed E-state index contributed by atoms with van der Waals surface area (Å²) in [6, 6.07) is 7.95. The van der Waals surface area contributed by atoms with Gasteiger partial charge in [0, 0.05) is 6.61 Å². The standard InChI is InChI=1S/C12H16O4S/c1-3-16-9-12(10(2)13)17(14,15)11-7-5-4-6-8-11/h4-8,12H,3,9H2,1-2H3. The maximum Gasteiger partial charge on any atom is 0.190 e. The lowest BCUT2D eigenvalue weighted by Crippen LogP contribution is -2.33. The zero-order chi connectivity index (χ0) is 12.9. The lowest BCUT2D eigenvalue weighted by Gasteiger charge is -2.14. The van der Waals surface area contributed by atoms with Gasteiger partial charge < -0.3 is 4.74 Å². The molecule has 0 aliphatic heterocycles. The topological polar surface area (TPSA) is 60.4 Å². The van der Waals surface area contributed by atoms with Gasteiger partial charge in [-0.15, -0.1) is 0 Å². The van der Waals surface area contributed by atoms with Crippen LogP contribution in [0.4, 0.5) is 0 Å². The van der Waals surface area contributed by atoms with E-state index in [1.165, 1.54) is 19.1 Å². The van der Waals surface area contributed by atoms with Crippen molar-refractivity contribution >= 4 is 15.6 Å². The number of rotatable bonds is 6. The molecule has 0 saturated carbocycles. The number of carbonyl (C=O) groups is 1. The van der Waals surface area contributed by atoms with E-state index < -0.39 is 20.9 Å². The van der Waals surface area contributed by atoms with Gasteiger partial charge in [0.25, 0.3) is 0 Å². The molecule has 0 N–H and O–H groups in total. The smallest absolute Gasteiger partial charge is 0.190 e. The molecule has 1 aromatic rings. The first kappa shape index (κ1) is 13.9. The Kier molecular flexibility index (Phi) is 4.84. The largest absolute Gasteiger partial charge is 0.380 e. The molecule has 1 atom stereocenters. The predicted molar refractivity (Wildman–Crippen MR) is 64.6 cm³/mol. The summed E-state index contributed by atoms with van der Waals surface area (Å²) >= 11 is 0. The lowest BCUT2D eigenvalue weighted by atomic mass is 10.3. The van der Waals surface area contributed by atoms with Crippen LogP contribution in [0.25, 0.3) is 0 Å². The zero-order valence-electron chi connectivity index (χ0n) is 9.92. The Labute approximate surface area is 102 Å². The summed E-state index contributed by atoms with van der Waals surface area (Å²) in [7, 11) is -3.65. The third kappa shape index (κ3) is 3.38. The summed E-state index contributed by atoms with van der Waals surface area (Å²) in [5.74, 6) is -0.401. The van der Waals surface area contributed by atoms with E-state index in [2.05, 4.69) is 0 Å². The Morgan fingerprint density at radius 2 is 1.88 bits per heavy atom. The Morgan fingerprint density at radius 1 is 1.29 bits per heavy atom. The number of ketones is 1. The van der Waals surface area contributed by atoms with Gasteiger partial charge in [0.2, 0.25) is 0 Å². The molecular formula is C12H16O4S. The molecule has 1 aromatic carbocycles. The highest BCUT2D eigenvalue weighted by Gasteiger charge is 2.31. The van der Waals surface area contributed by atoms with Gasteiger partial charge in [0.15, 0.2) is 15.6 Å². The van der Waals surface area contributed by atoms with Gasteiger partial charge in [-0.2, -0.15) is 0 Å². The fraction of sp³-hybridized carbons (Fsp3) is 0.417. The van der Waals surface area contributed by atoms with E-state index in [0.717, 1.165) is 0 Å². The first-order valence-electron chi connectivity index (χ1n) is 5.37. The molecule has 0 amide bonds. The third-order valence-corrected chi connectivity index (χ3v) is 4.52. The van der Waals surface area contributed by atoms with Gasteiger partial charge in [-0.25, -0.2) is 8.42 Å². The predicted octanol–water partition coefficient (Wildman–Crippen LogP) is 1.45. The van der Waals surface area contributed by atoms with Crippen molar-refractivity contribution in [2.24, 2.45) is 0 Å². The van der Waals surface area contributed by atoms with Crippen LogP contribution in [0.15, 0.2) is 35.2 Å². The molecule has 0 radical (unpaired) electrons. The Bertz CT molecular complexity index is 465. The second-order valence-corrected chi connectivity index (χ2v) is 5.75. The van der Waals surface area contributed by atoms with Crippen LogP contribution in [0, 0.1) is 0 Å². The number of hydrogen-bond donors (Lipinski definition) is 0. The molecule has 0 fully saturated rings. The highest BCUT2D eigenvalue weighted by molar-refractivity contribution is 7.92. The molecule has 0 heterocycles. The van der Waals surface area contributed by atoms with Gasteiger partial charge in [-0.3, -0.25) is 4.79 Å². The first-order valence-corrected chi connectivity index (χ1v) is 6.92. The summed E-state index contributed by atoms with van der Waals surface area (Å²) in [5, 5.41) is -1.12. The maximum absolute atomic E-state index is 12.2. The third-order valence-electron chi connectivity index (χ3n) is 2.37. The number of Topliss-reactive ketones (excluding diaryl/α,β-unsaturated/α-hetero) is 1. The minimum absolute atomic E-state index is 0.0942. The summed E-state index contributed by atoms with van der Waals surface area (Å²) in [6.07, 6.45) is 0. The number of carbonyl (C=O) groups excluding carboxylic acids is 1. The van der Waals surface area contributed by atoms with Crippen molar-refractivity contribution in [2.75, 3.05) is 13.2 Å². The van der Waals surface area contributed by atoms with E-state index in [9.17, 15) is 13.2 Å². The molecule has 0 aliphatic carbocycles. The molecule has 0 spiro atoms. The fourth-order valence-corrected chi connectivity index (χ4v) is 3.00. The van der Waals surface area contributed by atoms with Crippen LogP contribution in [-0.2, 0) is 19.4 Å². The van der Waals surface area contributed by atoms with Crippen LogP contribution in [0.5, 0.6) is 0 Å². The Balaban J connectivity index is 3.05. The van der Waals surface area contributed by atoms with Crippen LogP contribution in [0.1, 0.15) is 13.8 Å². The van der Waals surface area contributed by atoms with Crippen LogP contribution in [0.2, 0.25) is 0 Å². The second-order valence-electron chi connectivity index (χ2n) is 3.62. The normalized spacial score (nSPS) is 13.3. The average molecular weight is 256 g/mol. The molecule has 0 aromatic heterocycles. The molecule has 17 heavy (non-hydrogen) atoms. The van der Waals surface area contributed by atoms with Crippen molar-refractivity contribution in [1.82, 2.24) is 0 Å². The summed E-state index contributed by atoms with van der Waals surface area (Å²) < 4.78 is 29.4. The first-order chi connectivity index (χ1) is 8.00. The molecule has 0 saturated heterocycles. The summed E-state index contributed by atoms with van der Waals surface area (Å²) in [5.41, 5.74) is 0. The molecule has 1 rings (SSSR count). The van der Waals surface area contributed by atoms with Crippen molar-refractivity contribution in [3.63, 3.8) is 0 Å². The SMILES string of the molecule is CCOCC(C(C)=O)S(=O)(=O)c1ccccc1. The van der Waals surface area contributed by atoms with Gasteiger partial charge in [0.05, 0.1) is 11.5 Å². The van der Waals surface area contributed by atoms with Crippen molar-refractivity contribution in [2.45, 2.75) is 24.0 Å². The highest BCUT2D eigenvalue weighted by Crippen LogP contribution is 2.16. The summed E-state index contributed by atoms with van der Waals surface area (Å²) in [6.45, 7) is 3.31. The van der Waals surface area contributed by atoms with E-state index in [4.69, 9.17) is 4.74 Å². The number of benzene rings is 1. The number of hydrogen-bond acceptors (Lipinski definition) is 4. The minimum Gasteiger partial charge on any atom is -0.380 e. The minimum atomic E-state index is -3.65. The number of ether oxygens (including phenoxy) is 1. The zero-order valence-corrected chi connectivity index (χ0v) is 10.7. The van der Waals surface area contributed by atoms with Crippen molar-refractivity contribution in [3.05, 3.63) is 30.3 Å². The van der Waals surface area contributed by atoms with E-state index in [-0.39, 0.29) is 11.5 Å². The second kappa shape index (κ2) is 5.93. The Morgan fingerprint density at radius 3 is 2.35 bits per heavy atom. The van der Waals surface area contributed by atoms with E-state index in [0.29, 0.717) is 6.61 Å². The van der Waals surface area contributed by atoms with E-state index >= 15 is 0 Å². The van der Waals surface area contributed by atoms with Gasteiger partial charge >= 0.3 is 0 Å². The highest BCUT2D eigenvalue weighted by atomic mass is 32.2. The van der Waals surface area contributed by atoms with Gasteiger partial charge in [-0.05, 0) is 26.0 Å². The average Bonchev–Trinajstić information content (AvgIpc) is 2.30. The van der Waals surface area contributed by atoms with Crippen LogP contribution < -0.4 is 0 Å². The van der Waals surface area contributed by atoms with Crippen molar-refractivity contribution in [3.8, 4) is 0 Å². The van der Waals surface area contributed by atoms with Crippen molar-refractivity contribution in [1.29, 1.82) is 0 Å². The molecule has 5 heteroatoms. The molecular weight excluding hydrogens is 240 g/mol. The van der Waals surface area contributed by atoms with Crippen LogP contribution in [0.3, 0.4) is 0 Å². The van der Waals surface area contributed by atoms with Crippen LogP contribution in [-0.4, -0.2) is 32.7 Å². The van der Waals surface area contributed by atoms with E-state index in [1.54, 1.807) is 25.1 Å². The van der Waals surface area contributed by atoms with Crippen molar-refractivity contribution < 1.29 is 17.9 Å². The number of sulfone groups is 1. The quantitative estimate of drug-likeness (QED) is 0.773. The molecule has 0 aliphatic rings. The molecule has 4 nitrogen and oxygen atoms in total. The van der Waals surface area contributed by atoms with Crippen LogP contribution >= 0.6 is 0 Å². The monoisotopic (exact) mass is 256 g/mol. The summed E-state index contributed by atoms with van der Waals surface area (Å²) in [4.78, 5) is 11.6. The molecule has 0 bridgehead atoms. The van der Waals surface area contributed by atoms with E-state index in [1.807, 2.05) is 0 Å². The Hall–Kier alpha value is -1.20. The molecule has 1 unspecified atom stereocenters. The molecule has 94 valence electrons. The maximum atomic E-state index is 12.2. The van der Waals surface area contributed by atoms with Gasteiger partial charge in [0.1, 0.15) is 5.25 Å². The lowest BCUT2D eigenvalue weighted by molar-refractivity contribution is -0.117. The fourth-order valence-electron chi connectivity index (χ4n) is 1.42.